The lowest BCUT2D eigenvalue weighted by molar-refractivity contribution is 0.303. The van der Waals surface area contributed by atoms with Crippen LogP contribution >= 0.6 is 0 Å². The van der Waals surface area contributed by atoms with Crippen molar-refractivity contribution in [1.82, 2.24) is 10.2 Å². The zero-order valence-corrected chi connectivity index (χ0v) is 8.66. The standard InChI is InChI=1S/C11H17N3/c1-9-7-11(14-13-8-9)12-6-5-10-3-2-4-10/h7-8,10H,2-6H2,1H3,(H,12,14). The highest BCUT2D eigenvalue weighted by atomic mass is 15.2. The number of nitrogens with zero attached hydrogens (tertiary/aromatic N) is 2. The summed E-state index contributed by atoms with van der Waals surface area (Å²) in [5.41, 5.74) is 1.16. The zero-order chi connectivity index (χ0) is 9.80. The van der Waals surface area contributed by atoms with Gasteiger partial charge in [-0.05, 0) is 30.9 Å². The van der Waals surface area contributed by atoms with Gasteiger partial charge in [-0.1, -0.05) is 19.3 Å². The lowest BCUT2D eigenvalue weighted by Gasteiger charge is -2.25. The van der Waals surface area contributed by atoms with Gasteiger partial charge in [-0.2, -0.15) is 5.10 Å². The fourth-order valence-corrected chi connectivity index (χ4v) is 1.74. The van der Waals surface area contributed by atoms with Crippen molar-refractivity contribution in [3.8, 4) is 0 Å². The Kier molecular flexibility index (Phi) is 2.96. The summed E-state index contributed by atoms with van der Waals surface area (Å²) in [6, 6.07) is 2.04. The molecule has 0 bridgehead atoms. The number of nitrogens with one attached hydrogen (secondary N) is 1. The molecule has 3 heteroatoms. The van der Waals surface area contributed by atoms with Crippen LogP contribution in [0.5, 0.6) is 0 Å². The maximum atomic E-state index is 4.02. The molecule has 1 fully saturated rings. The number of aromatic nitrogens is 2. The maximum absolute atomic E-state index is 4.02. The van der Waals surface area contributed by atoms with E-state index in [1.54, 1.807) is 6.20 Å². The first-order valence-corrected chi connectivity index (χ1v) is 5.38. The lowest BCUT2D eigenvalue weighted by Crippen LogP contribution is -2.16. The first-order chi connectivity index (χ1) is 6.84. The van der Waals surface area contributed by atoms with E-state index < -0.39 is 0 Å². The first-order valence-electron chi connectivity index (χ1n) is 5.38. The molecule has 0 spiro atoms. The quantitative estimate of drug-likeness (QED) is 0.794. The molecule has 1 aliphatic rings. The van der Waals surface area contributed by atoms with Crippen LogP contribution in [-0.2, 0) is 0 Å². The van der Waals surface area contributed by atoms with Gasteiger partial charge in [0.05, 0.1) is 6.20 Å². The molecule has 0 atom stereocenters. The number of anilines is 1. The molecule has 0 amide bonds. The van der Waals surface area contributed by atoms with Crippen molar-refractivity contribution in [3.63, 3.8) is 0 Å². The van der Waals surface area contributed by atoms with Crippen molar-refractivity contribution in [2.45, 2.75) is 32.6 Å². The summed E-state index contributed by atoms with van der Waals surface area (Å²) in [4.78, 5) is 0. The summed E-state index contributed by atoms with van der Waals surface area (Å²) in [6.45, 7) is 3.06. The SMILES string of the molecule is Cc1cnnc(NCCC2CCC2)c1. The van der Waals surface area contributed by atoms with Crippen molar-refractivity contribution in [2.75, 3.05) is 11.9 Å². The van der Waals surface area contributed by atoms with Crippen LogP contribution in [-0.4, -0.2) is 16.7 Å². The van der Waals surface area contributed by atoms with Gasteiger partial charge in [0.15, 0.2) is 0 Å². The van der Waals surface area contributed by atoms with Crippen LogP contribution in [0.1, 0.15) is 31.2 Å². The Hall–Kier alpha value is -1.12. The molecule has 3 nitrogen and oxygen atoms in total. The topological polar surface area (TPSA) is 37.8 Å². The van der Waals surface area contributed by atoms with Crippen LogP contribution < -0.4 is 5.32 Å². The highest BCUT2D eigenvalue weighted by Crippen LogP contribution is 2.28. The molecular formula is C11H17N3. The van der Waals surface area contributed by atoms with Gasteiger partial charge in [0.25, 0.3) is 0 Å². The molecule has 1 aromatic heterocycles. The van der Waals surface area contributed by atoms with Crippen LogP contribution in [0.25, 0.3) is 0 Å². The summed E-state index contributed by atoms with van der Waals surface area (Å²) in [5.74, 6) is 1.87. The van der Waals surface area contributed by atoms with Gasteiger partial charge in [0.1, 0.15) is 5.82 Å². The highest BCUT2D eigenvalue weighted by molar-refractivity contribution is 5.34. The van der Waals surface area contributed by atoms with E-state index in [-0.39, 0.29) is 0 Å². The van der Waals surface area contributed by atoms with Crippen molar-refractivity contribution >= 4 is 5.82 Å². The Bertz CT molecular complexity index is 294. The summed E-state index contributed by atoms with van der Waals surface area (Å²) in [6.07, 6.45) is 7.31. The average molecular weight is 191 g/mol. The second-order valence-electron chi connectivity index (χ2n) is 4.13. The van der Waals surface area contributed by atoms with Gasteiger partial charge in [-0.3, -0.25) is 0 Å². The van der Waals surface area contributed by atoms with Gasteiger partial charge in [0, 0.05) is 6.54 Å². The Morgan fingerprint density at radius 1 is 1.50 bits per heavy atom. The molecule has 1 aliphatic carbocycles. The van der Waals surface area contributed by atoms with Gasteiger partial charge >= 0.3 is 0 Å². The van der Waals surface area contributed by atoms with Crippen LogP contribution in [0.3, 0.4) is 0 Å². The molecule has 0 aromatic carbocycles. The van der Waals surface area contributed by atoms with Crippen LogP contribution in [0.4, 0.5) is 5.82 Å². The highest BCUT2D eigenvalue weighted by Gasteiger charge is 2.16. The monoisotopic (exact) mass is 191 g/mol. The van der Waals surface area contributed by atoms with Crippen LogP contribution in [0.2, 0.25) is 0 Å². The van der Waals surface area contributed by atoms with Crippen molar-refractivity contribution in [2.24, 2.45) is 5.92 Å². The number of rotatable bonds is 4. The van der Waals surface area contributed by atoms with Crippen molar-refractivity contribution in [3.05, 3.63) is 17.8 Å². The Morgan fingerprint density at radius 3 is 3.00 bits per heavy atom. The first kappa shape index (κ1) is 9.44. The fraction of sp³-hybridized carbons (Fsp3) is 0.636. The second kappa shape index (κ2) is 4.40. The molecule has 1 N–H and O–H groups in total. The van der Waals surface area contributed by atoms with Gasteiger partial charge < -0.3 is 5.32 Å². The number of hydrogen-bond donors (Lipinski definition) is 1. The normalized spacial score (nSPS) is 16.4. The minimum Gasteiger partial charge on any atom is -0.369 e. The zero-order valence-electron chi connectivity index (χ0n) is 8.66. The maximum Gasteiger partial charge on any atom is 0.148 e. The van der Waals surface area contributed by atoms with E-state index in [4.69, 9.17) is 0 Å². The Morgan fingerprint density at radius 2 is 2.36 bits per heavy atom. The molecule has 0 unspecified atom stereocenters. The second-order valence-corrected chi connectivity index (χ2v) is 4.13. The van der Waals surface area contributed by atoms with Crippen LogP contribution in [0, 0.1) is 12.8 Å². The Labute approximate surface area is 84.9 Å². The summed E-state index contributed by atoms with van der Waals surface area (Å²) in [5, 5.41) is 11.2. The minimum atomic E-state index is 0.907. The number of aryl methyl sites for hydroxylation is 1. The third-order valence-corrected chi connectivity index (χ3v) is 2.87. The molecular weight excluding hydrogens is 174 g/mol. The predicted octanol–water partition coefficient (Wildman–Crippen LogP) is 2.39. The molecule has 76 valence electrons. The van der Waals surface area contributed by atoms with E-state index >= 15 is 0 Å². The predicted molar refractivity (Wildman–Crippen MR) is 57.2 cm³/mol. The van der Waals surface area contributed by atoms with Crippen molar-refractivity contribution in [1.29, 1.82) is 0 Å². The van der Waals surface area contributed by atoms with E-state index in [1.807, 2.05) is 13.0 Å². The molecule has 1 aromatic rings. The largest absolute Gasteiger partial charge is 0.369 e. The molecule has 0 aliphatic heterocycles. The van der Waals surface area contributed by atoms with Gasteiger partial charge in [0.2, 0.25) is 0 Å². The molecule has 0 radical (unpaired) electrons. The van der Waals surface area contributed by atoms with Crippen LogP contribution in [0.15, 0.2) is 12.3 Å². The molecule has 1 heterocycles. The molecule has 0 saturated heterocycles. The summed E-state index contributed by atoms with van der Waals surface area (Å²) >= 11 is 0. The summed E-state index contributed by atoms with van der Waals surface area (Å²) in [7, 11) is 0. The molecule has 2 rings (SSSR count). The fourth-order valence-electron chi connectivity index (χ4n) is 1.74. The van der Waals surface area contributed by atoms with E-state index in [0.29, 0.717) is 0 Å². The third-order valence-electron chi connectivity index (χ3n) is 2.87. The Balaban J connectivity index is 1.74. The molecule has 14 heavy (non-hydrogen) atoms. The smallest absolute Gasteiger partial charge is 0.148 e. The van der Waals surface area contributed by atoms with Crippen molar-refractivity contribution < 1.29 is 0 Å². The van der Waals surface area contributed by atoms with E-state index in [0.717, 1.165) is 23.8 Å². The lowest BCUT2D eigenvalue weighted by atomic mass is 9.83. The van der Waals surface area contributed by atoms with Gasteiger partial charge in [-0.25, -0.2) is 0 Å². The van der Waals surface area contributed by atoms with E-state index in [1.165, 1.54) is 25.7 Å². The third kappa shape index (κ3) is 2.44. The van der Waals surface area contributed by atoms with E-state index in [9.17, 15) is 0 Å². The molecule has 1 saturated carbocycles. The number of hydrogen-bond acceptors (Lipinski definition) is 3. The van der Waals surface area contributed by atoms with E-state index in [2.05, 4.69) is 15.5 Å². The summed E-state index contributed by atoms with van der Waals surface area (Å²) < 4.78 is 0. The van der Waals surface area contributed by atoms with Gasteiger partial charge in [-0.15, -0.1) is 5.10 Å². The minimum absolute atomic E-state index is 0.907. The average Bonchev–Trinajstić information content (AvgIpc) is 2.09.